The first-order valence-electron chi connectivity index (χ1n) is 12.9. The fraction of sp³-hybridized carbons (Fsp3) is 0.538. The molecule has 0 aromatic heterocycles. The van der Waals surface area contributed by atoms with Crippen molar-refractivity contribution >= 4 is 35.9 Å². The van der Waals surface area contributed by atoms with E-state index in [0.717, 1.165) is 0 Å². The number of esters is 4. The van der Waals surface area contributed by atoms with Gasteiger partial charge >= 0.3 is 35.9 Å². The van der Waals surface area contributed by atoms with Gasteiger partial charge in [-0.1, -0.05) is 24.3 Å². The number of amides is 4. The average Bonchev–Trinajstić information content (AvgIpc) is 2.91. The molecule has 0 bridgehead atoms. The number of ether oxygens (including phenoxy) is 4. The predicted molar refractivity (Wildman–Crippen MR) is 141 cm³/mol. The minimum Gasteiger partial charge on any atom is -0.466 e. The predicted octanol–water partition coefficient (Wildman–Crippen LogP) is 1.05. The third kappa shape index (κ3) is 13.4. The first-order valence-corrected chi connectivity index (χ1v) is 12.9. The van der Waals surface area contributed by atoms with Gasteiger partial charge in [-0.3, -0.25) is 9.59 Å². The van der Waals surface area contributed by atoms with E-state index in [9.17, 15) is 28.8 Å². The molecule has 2 unspecified atom stereocenters. The van der Waals surface area contributed by atoms with Crippen molar-refractivity contribution in [1.29, 1.82) is 0 Å². The zero-order chi connectivity index (χ0) is 29.9. The third-order valence-electron chi connectivity index (χ3n) is 5.00. The van der Waals surface area contributed by atoms with Crippen LogP contribution in [0, 0.1) is 0 Å². The molecule has 0 aliphatic rings. The Morgan fingerprint density at radius 1 is 0.625 bits per heavy atom. The Hall–Kier alpha value is -4.36. The van der Waals surface area contributed by atoms with E-state index in [1.54, 1.807) is 52.0 Å². The number of rotatable bonds is 16. The SMILES string of the molecule is CCOC(=O)CC(NC(=O)NCc1cccc(CNC(=O)NC(CC(=O)OCC)C(=O)OCC)c1)C(=O)OCC. The summed E-state index contributed by atoms with van der Waals surface area (Å²) in [6.45, 7) is 7.03. The van der Waals surface area contributed by atoms with Crippen molar-refractivity contribution in [3.05, 3.63) is 35.4 Å². The lowest BCUT2D eigenvalue weighted by atomic mass is 10.1. The molecule has 1 aromatic rings. The Morgan fingerprint density at radius 3 is 1.35 bits per heavy atom. The zero-order valence-corrected chi connectivity index (χ0v) is 23.2. The van der Waals surface area contributed by atoms with Crippen LogP contribution in [0.15, 0.2) is 24.3 Å². The number of hydrogen-bond acceptors (Lipinski definition) is 10. The molecule has 40 heavy (non-hydrogen) atoms. The normalized spacial score (nSPS) is 11.7. The molecule has 14 heteroatoms. The first kappa shape index (κ1) is 33.7. The van der Waals surface area contributed by atoms with Gasteiger partial charge in [0.15, 0.2) is 0 Å². The van der Waals surface area contributed by atoms with Crippen molar-refractivity contribution in [2.75, 3.05) is 26.4 Å². The maximum atomic E-state index is 12.4. The van der Waals surface area contributed by atoms with Crippen LogP contribution in [0.3, 0.4) is 0 Å². The standard InChI is InChI=1S/C26H38N4O10/c1-5-37-21(31)13-19(23(33)39-7-3)29-25(35)27-15-17-10-9-11-18(12-17)16-28-26(36)30-20(24(34)40-8-4)14-22(32)38-6-2/h9-12,19-20H,5-8,13-16H2,1-4H3,(H2,27,29,35)(H2,28,30,36). The molecule has 0 radical (unpaired) electrons. The van der Waals surface area contributed by atoms with Crippen molar-refractivity contribution in [3.63, 3.8) is 0 Å². The molecule has 14 nitrogen and oxygen atoms in total. The average molecular weight is 567 g/mol. The Bertz CT molecular complexity index is 942. The fourth-order valence-electron chi connectivity index (χ4n) is 3.28. The molecule has 1 aromatic carbocycles. The summed E-state index contributed by atoms with van der Waals surface area (Å²) in [5.74, 6) is -2.83. The molecule has 1 rings (SSSR count). The summed E-state index contributed by atoms with van der Waals surface area (Å²) in [5.41, 5.74) is 1.36. The quantitative estimate of drug-likeness (QED) is 0.166. The molecule has 2 atom stereocenters. The van der Waals surface area contributed by atoms with Crippen LogP contribution in [0.5, 0.6) is 0 Å². The van der Waals surface area contributed by atoms with Crippen molar-refractivity contribution in [2.45, 2.75) is 65.7 Å². The molecule has 4 N–H and O–H groups in total. The van der Waals surface area contributed by atoms with Crippen molar-refractivity contribution < 1.29 is 47.7 Å². The zero-order valence-electron chi connectivity index (χ0n) is 23.2. The molecule has 0 fully saturated rings. The van der Waals surface area contributed by atoms with Gasteiger partial charge in [-0.25, -0.2) is 19.2 Å². The molecule has 0 saturated carbocycles. The maximum Gasteiger partial charge on any atom is 0.329 e. The minimum absolute atomic E-state index is 0.0747. The second-order valence-electron chi connectivity index (χ2n) is 8.10. The van der Waals surface area contributed by atoms with Crippen LogP contribution in [0.4, 0.5) is 9.59 Å². The molecular weight excluding hydrogens is 528 g/mol. The van der Waals surface area contributed by atoms with Crippen LogP contribution in [0.2, 0.25) is 0 Å². The molecule has 0 aliphatic heterocycles. The molecule has 0 heterocycles. The lowest BCUT2D eigenvalue weighted by molar-refractivity contribution is -0.152. The lowest BCUT2D eigenvalue weighted by Crippen LogP contribution is -2.47. The second-order valence-corrected chi connectivity index (χ2v) is 8.10. The van der Waals surface area contributed by atoms with Crippen LogP contribution in [-0.2, 0) is 51.2 Å². The van der Waals surface area contributed by atoms with Gasteiger partial charge in [0.1, 0.15) is 12.1 Å². The number of carbonyl (C=O) groups excluding carboxylic acids is 6. The van der Waals surface area contributed by atoms with E-state index in [4.69, 9.17) is 18.9 Å². The van der Waals surface area contributed by atoms with Crippen LogP contribution < -0.4 is 21.3 Å². The van der Waals surface area contributed by atoms with Crippen LogP contribution >= 0.6 is 0 Å². The topological polar surface area (TPSA) is 187 Å². The minimum atomic E-state index is -1.21. The molecule has 0 aliphatic carbocycles. The summed E-state index contributed by atoms with van der Waals surface area (Å²) in [7, 11) is 0. The Labute approximate surface area is 232 Å². The number of benzene rings is 1. The van der Waals surface area contributed by atoms with Gasteiger partial charge in [0.2, 0.25) is 0 Å². The molecule has 0 saturated heterocycles. The van der Waals surface area contributed by atoms with Crippen LogP contribution in [0.25, 0.3) is 0 Å². The fourth-order valence-corrected chi connectivity index (χ4v) is 3.28. The van der Waals surface area contributed by atoms with E-state index in [1.165, 1.54) is 0 Å². The highest BCUT2D eigenvalue weighted by Crippen LogP contribution is 2.06. The number of carbonyl (C=O) groups is 6. The smallest absolute Gasteiger partial charge is 0.329 e. The van der Waals surface area contributed by atoms with Gasteiger partial charge in [-0.15, -0.1) is 0 Å². The summed E-state index contributed by atoms with van der Waals surface area (Å²) >= 11 is 0. The van der Waals surface area contributed by atoms with Crippen LogP contribution in [-0.4, -0.2) is 74.5 Å². The van der Waals surface area contributed by atoms with Gasteiger partial charge in [-0.05, 0) is 38.8 Å². The molecule has 0 spiro atoms. The van der Waals surface area contributed by atoms with Gasteiger partial charge in [0.25, 0.3) is 0 Å². The maximum absolute atomic E-state index is 12.4. The highest BCUT2D eigenvalue weighted by Gasteiger charge is 2.27. The second kappa shape index (κ2) is 18.8. The van der Waals surface area contributed by atoms with E-state index in [1.807, 2.05) is 0 Å². The highest BCUT2D eigenvalue weighted by molar-refractivity contribution is 5.88. The van der Waals surface area contributed by atoms with Gasteiger partial charge < -0.3 is 40.2 Å². The molecular formula is C26H38N4O10. The lowest BCUT2D eigenvalue weighted by Gasteiger charge is -2.17. The van der Waals surface area contributed by atoms with Crippen LogP contribution in [0.1, 0.15) is 51.7 Å². The first-order chi connectivity index (χ1) is 19.1. The summed E-state index contributed by atoms with van der Waals surface area (Å²) in [5, 5.41) is 10.0. The summed E-state index contributed by atoms with van der Waals surface area (Å²) in [6.07, 6.45) is -0.750. The summed E-state index contributed by atoms with van der Waals surface area (Å²) in [6, 6.07) is 3.10. The van der Waals surface area contributed by atoms with E-state index in [-0.39, 0.29) is 52.4 Å². The van der Waals surface area contributed by atoms with E-state index < -0.39 is 48.0 Å². The van der Waals surface area contributed by atoms with Gasteiger partial charge in [0, 0.05) is 13.1 Å². The van der Waals surface area contributed by atoms with E-state index >= 15 is 0 Å². The van der Waals surface area contributed by atoms with Gasteiger partial charge in [0.05, 0.1) is 39.3 Å². The van der Waals surface area contributed by atoms with Crippen molar-refractivity contribution in [3.8, 4) is 0 Å². The Morgan fingerprint density at radius 2 is 1.00 bits per heavy atom. The number of urea groups is 2. The Balaban J connectivity index is 2.68. The number of hydrogen-bond donors (Lipinski definition) is 4. The van der Waals surface area contributed by atoms with E-state index in [2.05, 4.69) is 21.3 Å². The molecule has 4 amide bonds. The largest absolute Gasteiger partial charge is 0.466 e. The Kier molecular flexibility index (Phi) is 15.8. The van der Waals surface area contributed by atoms with E-state index in [0.29, 0.717) is 11.1 Å². The van der Waals surface area contributed by atoms with Crippen molar-refractivity contribution in [1.82, 2.24) is 21.3 Å². The molecule has 222 valence electrons. The third-order valence-corrected chi connectivity index (χ3v) is 5.00. The highest BCUT2D eigenvalue weighted by atomic mass is 16.5. The van der Waals surface area contributed by atoms with Crippen molar-refractivity contribution in [2.24, 2.45) is 0 Å². The number of nitrogens with one attached hydrogen (secondary N) is 4. The van der Waals surface area contributed by atoms with Gasteiger partial charge in [-0.2, -0.15) is 0 Å². The summed E-state index contributed by atoms with van der Waals surface area (Å²) < 4.78 is 19.5. The summed E-state index contributed by atoms with van der Waals surface area (Å²) in [4.78, 5) is 72.6. The monoisotopic (exact) mass is 566 g/mol.